The van der Waals surface area contributed by atoms with Gasteiger partial charge in [-0.2, -0.15) is 0 Å². The first-order valence-electron chi connectivity index (χ1n) is 11.0. The quantitative estimate of drug-likeness (QED) is 0.500. The van der Waals surface area contributed by atoms with Gasteiger partial charge in [-0.05, 0) is 43.9 Å². The van der Waals surface area contributed by atoms with Gasteiger partial charge in [0.25, 0.3) is 0 Å². The molecule has 0 bridgehead atoms. The molecule has 2 aromatic rings. The van der Waals surface area contributed by atoms with Crippen molar-refractivity contribution in [2.45, 2.75) is 105 Å². The summed E-state index contributed by atoms with van der Waals surface area (Å²) in [7, 11) is 0. The summed E-state index contributed by atoms with van der Waals surface area (Å²) in [5.74, 6) is 0.735. The summed E-state index contributed by atoms with van der Waals surface area (Å²) < 4.78 is 0. The fraction of sp³-hybridized carbons (Fsp3) is 0.571. The van der Waals surface area contributed by atoms with Crippen LogP contribution in [0.3, 0.4) is 0 Å². The minimum atomic E-state index is -0.256. The average Bonchev–Trinajstić information content (AvgIpc) is 2.49. The Labute approximate surface area is 184 Å². The molecular formula is C28H42O2. The van der Waals surface area contributed by atoms with Gasteiger partial charge in [0.05, 0.1) is 0 Å². The molecule has 0 heterocycles. The van der Waals surface area contributed by atoms with Gasteiger partial charge in [0.15, 0.2) is 0 Å². The molecule has 2 aromatic carbocycles. The standard InChI is InChI=1S/C28H42O2/c1-25(2,3)19-15-13-17(21(23(19)29)27(7,8)9)18-14-16-20(26(4,5)6)24(30)22(18)28(10,11)12/h13-16,29-30H,1-12H3. The van der Waals surface area contributed by atoms with Crippen molar-refractivity contribution >= 4 is 0 Å². The second-order valence-corrected chi connectivity index (χ2v) is 12.8. The van der Waals surface area contributed by atoms with Crippen molar-refractivity contribution in [3.8, 4) is 22.6 Å². The highest BCUT2D eigenvalue weighted by Crippen LogP contribution is 2.49. The largest absolute Gasteiger partial charge is 0.507 e. The van der Waals surface area contributed by atoms with Crippen LogP contribution in [0, 0.1) is 0 Å². The van der Waals surface area contributed by atoms with E-state index in [1.165, 1.54) is 0 Å². The van der Waals surface area contributed by atoms with E-state index in [1.54, 1.807) is 0 Å². The van der Waals surface area contributed by atoms with Crippen LogP contribution in [0.1, 0.15) is 105 Å². The minimum Gasteiger partial charge on any atom is -0.507 e. The first-order chi connectivity index (χ1) is 13.3. The van der Waals surface area contributed by atoms with Crippen LogP contribution in [0.2, 0.25) is 0 Å². The van der Waals surface area contributed by atoms with Crippen molar-refractivity contribution in [1.82, 2.24) is 0 Å². The highest BCUT2D eigenvalue weighted by atomic mass is 16.3. The SMILES string of the molecule is CC(C)(C)c1ccc(-c2ccc(C(C)(C)C)c(O)c2C(C)(C)C)c(C(C)(C)C)c1O. The van der Waals surface area contributed by atoms with Crippen LogP contribution in [0.5, 0.6) is 11.5 Å². The van der Waals surface area contributed by atoms with E-state index in [2.05, 4.69) is 95.2 Å². The Morgan fingerprint density at radius 1 is 0.433 bits per heavy atom. The van der Waals surface area contributed by atoms with Gasteiger partial charge in [0, 0.05) is 11.1 Å². The molecular weight excluding hydrogens is 368 g/mol. The Kier molecular flexibility index (Phi) is 5.93. The van der Waals surface area contributed by atoms with Crippen molar-refractivity contribution in [2.24, 2.45) is 0 Å². The number of phenolic OH excluding ortho intramolecular Hbond substituents is 2. The summed E-state index contributed by atoms with van der Waals surface area (Å²) >= 11 is 0. The Morgan fingerprint density at radius 3 is 0.900 bits per heavy atom. The maximum absolute atomic E-state index is 11.4. The van der Waals surface area contributed by atoms with Gasteiger partial charge >= 0.3 is 0 Å². The summed E-state index contributed by atoms with van der Waals surface area (Å²) in [6.45, 7) is 25.6. The molecule has 2 N–H and O–H groups in total. The summed E-state index contributed by atoms with van der Waals surface area (Å²) in [5.41, 5.74) is 4.92. The summed E-state index contributed by atoms with van der Waals surface area (Å²) in [5, 5.41) is 22.8. The van der Waals surface area contributed by atoms with Crippen LogP contribution in [0.4, 0.5) is 0 Å². The lowest BCUT2D eigenvalue weighted by Gasteiger charge is -2.33. The Hall–Kier alpha value is -1.96. The third-order valence-electron chi connectivity index (χ3n) is 5.76. The molecule has 0 aliphatic heterocycles. The first kappa shape index (κ1) is 24.3. The third-order valence-corrected chi connectivity index (χ3v) is 5.76. The van der Waals surface area contributed by atoms with Crippen LogP contribution in [0.15, 0.2) is 24.3 Å². The lowest BCUT2D eigenvalue weighted by atomic mass is 9.72. The van der Waals surface area contributed by atoms with Crippen molar-refractivity contribution in [3.05, 3.63) is 46.5 Å². The number of hydrogen-bond acceptors (Lipinski definition) is 2. The molecule has 0 unspecified atom stereocenters. The zero-order chi connectivity index (χ0) is 23.4. The molecule has 0 fully saturated rings. The van der Waals surface area contributed by atoms with E-state index < -0.39 is 0 Å². The topological polar surface area (TPSA) is 40.5 Å². The molecule has 0 atom stereocenters. The van der Waals surface area contributed by atoms with Gasteiger partial charge < -0.3 is 10.2 Å². The number of hydrogen-bond donors (Lipinski definition) is 2. The molecule has 0 aliphatic rings. The molecule has 0 aromatic heterocycles. The van der Waals surface area contributed by atoms with Crippen molar-refractivity contribution in [2.75, 3.05) is 0 Å². The van der Waals surface area contributed by atoms with Crippen molar-refractivity contribution in [3.63, 3.8) is 0 Å². The Bertz CT molecular complexity index is 858. The average molecular weight is 411 g/mol. The zero-order valence-electron chi connectivity index (χ0n) is 21.2. The zero-order valence-corrected chi connectivity index (χ0v) is 21.2. The second-order valence-electron chi connectivity index (χ2n) is 12.8. The predicted molar refractivity (Wildman–Crippen MR) is 130 cm³/mol. The van der Waals surface area contributed by atoms with Gasteiger partial charge in [-0.1, -0.05) is 107 Å². The van der Waals surface area contributed by atoms with E-state index in [-0.39, 0.29) is 21.7 Å². The van der Waals surface area contributed by atoms with Crippen LogP contribution in [-0.2, 0) is 21.7 Å². The van der Waals surface area contributed by atoms with Gasteiger partial charge in [0.1, 0.15) is 11.5 Å². The summed E-state index contributed by atoms with van der Waals surface area (Å²) in [4.78, 5) is 0. The van der Waals surface area contributed by atoms with Crippen LogP contribution < -0.4 is 0 Å². The van der Waals surface area contributed by atoms with Crippen LogP contribution >= 0.6 is 0 Å². The molecule has 2 rings (SSSR count). The van der Waals surface area contributed by atoms with E-state index in [1.807, 2.05) is 12.1 Å². The van der Waals surface area contributed by atoms with Crippen LogP contribution in [0.25, 0.3) is 11.1 Å². The lowest BCUT2D eigenvalue weighted by molar-refractivity contribution is 0.420. The maximum atomic E-state index is 11.4. The normalized spacial score (nSPS) is 13.6. The number of aromatic hydroxyl groups is 2. The van der Waals surface area contributed by atoms with Gasteiger partial charge in [0.2, 0.25) is 0 Å². The van der Waals surface area contributed by atoms with Gasteiger partial charge in [-0.15, -0.1) is 0 Å². The molecule has 2 heteroatoms. The lowest BCUT2D eigenvalue weighted by Crippen LogP contribution is -2.21. The molecule has 0 aliphatic carbocycles. The van der Waals surface area contributed by atoms with E-state index >= 15 is 0 Å². The molecule has 0 spiro atoms. The molecule has 30 heavy (non-hydrogen) atoms. The highest BCUT2D eigenvalue weighted by molar-refractivity contribution is 5.79. The van der Waals surface area contributed by atoms with Crippen molar-refractivity contribution in [1.29, 1.82) is 0 Å². The summed E-state index contributed by atoms with van der Waals surface area (Å²) in [6, 6.07) is 8.34. The maximum Gasteiger partial charge on any atom is 0.123 e. The number of benzene rings is 2. The van der Waals surface area contributed by atoms with E-state index in [9.17, 15) is 10.2 Å². The van der Waals surface area contributed by atoms with Gasteiger partial charge in [-0.3, -0.25) is 0 Å². The predicted octanol–water partition coefficient (Wildman–Crippen LogP) is 7.95. The van der Waals surface area contributed by atoms with E-state index in [4.69, 9.17) is 0 Å². The molecule has 0 radical (unpaired) electrons. The fourth-order valence-corrected chi connectivity index (χ4v) is 4.36. The molecule has 2 nitrogen and oxygen atoms in total. The smallest absolute Gasteiger partial charge is 0.123 e. The molecule has 166 valence electrons. The highest BCUT2D eigenvalue weighted by Gasteiger charge is 2.33. The first-order valence-corrected chi connectivity index (χ1v) is 11.0. The Morgan fingerprint density at radius 2 is 0.700 bits per heavy atom. The third kappa shape index (κ3) is 4.53. The monoisotopic (exact) mass is 410 g/mol. The summed E-state index contributed by atoms with van der Waals surface area (Å²) in [6.07, 6.45) is 0. The van der Waals surface area contributed by atoms with E-state index in [0.717, 1.165) is 33.4 Å². The fourth-order valence-electron chi connectivity index (χ4n) is 4.36. The minimum absolute atomic E-state index is 0.159. The molecule has 0 saturated carbocycles. The van der Waals surface area contributed by atoms with Crippen molar-refractivity contribution < 1.29 is 10.2 Å². The van der Waals surface area contributed by atoms with Crippen LogP contribution in [-0.4, -0.2) is 10.2 Å². The Balaban J connectivity index is 3.02. The molecule has 0 saturated heterocycles. The number of phenols is 2. The van der Waals surface area contributed by atoms with Gasteiger partial charge in [-0.25, -0.2) is 0 Å². The van der Waals surface area contributed by atoms with E-state index in [0.29, 0.717) is 11.5 Å². The number of rotatable bonds is 1. The molecule has 0 amide bonds. The second kappa shape index (κ2) is 7.32.